The quantitative estimate of drug-likeness (QED) is 0.465. The number of hydrogen-bond acceptors (Lipinski definition) is 4. The highest BCUT2D eigenvalue weighted by atomic mass is 19.1. The largest absolute Gasteiger partial charge is 0.486 e. The summed E-state index contributed by atoms with van der Waals surface area (Å²) in [5, 5.41) is 9.68. The van der Waals surface area contributed by atoms with Crippen LogP contribution in [0.25, 0.3) is 10.9 Å². The normalized spacial score (nSPS) is 17.9. The zero-order valence-corrected chi connectivity index (χ0v) is 16.2. The van der Waals surface area contributed by atoms with Crippen LogP contribution in [0.5, 0.6) is 5.75 Å². The predicted molar refractivity (Wildman–Crippen MR) is 107 cm³/mol. The van der Waals surface area contributed by atoms with Gasteiger partial charge < -0.3 is 4.74 Å². The summed E-state index contributed by atoms with van der Waals surface area (Å²) < 4.78 is 20.3. The van der Waals surface area contributed by atoms with Crippen LogP contribution in [-0.2, 0) is 24.2 Å². The number of ether oxygens (including phenoxy) is 1. The van der Waals surface area contributed by atoms with Crippen molar-refractivity contribution >= 4 is 16.8 Å². The van der Waals surface area contributed by atoms with Gasteiger partial charge in [-0.2, -0.15) is 0 Å². The fraction of sp³-hybridized carbons (Fsp3) is 0.304. The number of hydroxylamine groups is 1. The van der Waals surface area contributed by atoms with Crippen molar-refractivity contribution in [3.05, 3.63) is 71.2 Å². The van der Waals surface area contributed by atoms with Gasteiger partial charge in [0.2, 0.25) is 5.91 Å². The van der Waals surface area contributed by atoms with Crippen LogP contribution in [0.3, 0.4) is 0 Å². The number of para-hydroxylation sites is 1. The number of amides is 1. The third kappa shape index (κ3) is 4.22. The molecule has 2 N–H and O–H groups in total. The Labute approximate surface area is 168 Å². The molecule has 29 heavy (non-hydrogen) atoms. The molecule has 3 aromatic rings. The van der Waals surface area contributed by atoms with Gasteiger partial charge in [-0.05, 0) is 55.0 Å². The highest BCUT2D eigenvalue weighted by Gasteiger charge is 2.42. The highest BCUT2D eigenvalue weighted by Crippen LogP contribution is 2.41. The van der Waals surface area contributed by atoms with Gasteiger partial charge in [0, 0.05) is 22.6 Å². The van der Waals surface area contributed by atoms with E-state index in [-0.39, 0.29) is 30.1 Å². The van der Waals surface area contributed by atoms with Gasteiger partial charge in [-0.25, -0.2) is 9.87 Å². The van der Waals surface area contributed by atoms with Crippen molar-refractivity contribution in [1.82, 2.24) is 10.5 Å². The maximum absolute atomic E-state index is 14.5. The van der Waals surface area contributed by atoms with E-state index in [4.69, 9.17) is 9.94 Å². The molecule has 1 fully saturated rings. The zero-order chi connectivity index (χ0) is 20.4. The summed E-state index contributed by atoms with van der Waals surface area (Å²) in [6.07, 6.45) is 2.13. The first-order valence-electron chi connectivity index (χ1n) is 9.81. The number of benzene rings is 2. The van der Waals surface area contributed by atoms with Crippen molar-refractivity contribution in [2.45, 2.75) is 32.8 Å². The molecule has 5 nitrogen and oxygen atoms in total. The predicted octanol–water partition coefficient (Wildman–Crippen LogP) is 4.20. The van der Waals surface area contributed by atoms with Gasteiger partial charge in [0.25, 0.3) is 0 Å². The van der Waals surface area contributed by atoms with E-state index < -0.39 is 5.82 Å². The number of rotatable bonds is 7. The maximum atomic E-state index is 14.5. The Morgan fingerprint density at radius 1 is 1.28 bits per heavy atom. The third-order valence-corrected chi connectivity index (χ3v) is 5.46. The van der Waals surface area contributed by atoms with Gasteiger partial charge in [0.05, 0.1) is 5.52 Å². The van der Waals surface area contributed by atoms with Crippen molar-refractivity contribution in [2.75, 3.05) is 0 Å². The minimum absolute atomic E-state index is 0.143. The van der Waals surface area contributed by atoms with E-state index in [0.29, 0.717) is 12.8 Å². The van der Waals surface area contributed by atoms with Crippen LogP contribution in [0.4, 0.5) is 4.39 Å². The Morgan fingerprint density at radius 3 is 2.86 bits per heavy atom. The summed E-state index contributed by atoms with van der Waals surface area (Å²) in [6.45, 7) is 2.31. The lowest BCUT2D eigenvalue weighted by atomic mass is 10.1. The number of carbonyl (C=O) groups excluding carboxylic acids is 1. The van der Waals surface area contributed by atoms with Gasteiger partial charge in [-0.15, -0.1) is 0 Å². The topological polar surface area (TPSA) is 71.5 Å². The molecule has 0 radical (unpaired) electrons. The van der Waals surface area contributed by atoms with Gasteiger partial charge in [0.15, 0.2) is 11.6 Å². The Morgan fingerprint density at radius 2 is 2.10 bits per heavy atom. The number of nitrogens with one attached hydrogen (secondary N) is 1. The molecular weight excluding hydrogens is 371 g/mol. The van der Waals surface area contributed by atoms with Crippen molar-refractivity contribution in [3.63, 3.8) is 0 Å². The second-order valence-corrected chi connectivity index (χ2v) is 7.48. The molecule has 1 heterocycles. The van der Waals surface area contributed by atoms with E-state index in [2.05, 4.69) is 11.9 Å². The molecule has 2 aromatic carbocycles. The molecule has 1 aliphatic carbocycles. The Balaban J connectivity index is 1.46. The molecule has 0 saturated heterocycles. The molecule has 0 spiro atoms. The zero-order valence-electron chi connectivity index (χ0n) is 16.2. The molecule has 2 unspecified atom stereocenters. The molecule has 150 valence electrons. The average molecular weight is 394 g/mol. The summed E-state index contributed by atoms with van der Waals surface area (Å²) in [5.74, 6) is -0.629. The summed E-state index contributed by atoms with van der Waals surface area (Å²) >= 11 is 0. The van der Waals surface area contributed by atoms with Crippen molar-refractivity contribution in [3.8, 4) is 5.75 Å². The van der Waals surface area contributed by atoms with Crippen LogP contribution in [0.2, 0.25) is 0 Å². The van der Waals surface area contributed by atoms with Gasteiger partial charge in [-0.3, -0.25) is 15.0 Å². The molecule has 2 atom stereocenters. The Kier molecular flexibility index (Phi) is 5.45. The smallest absolute Gasteiger partial charge is 0.246 e. The fourth-order valence-electron chi connectivity index (χ4n) is 3.73. The molecule has 1 saturated carbocycles. The average Bonchev–Trinajstić information content (AvgIpc) is 3.51. The summed E-state index contributed by atoms with van der Waals surface area (Å²) in [5.41, 5.74) is 5.36. The number of fused-ring (bicyclic) bond motifs is 1. The summed E-state index contributed by atoms with van der Waals surface area (Å²) in [6, 6.07) is 14.8. The molecule has 6 heteroatoms. The van der Waals surface area contributed by atoms with Crippen molar-refractivity contribution in [2.24, 2.45) is 11.8 Å². The lowest BCUT2D eigenvalue weighted by molar-refractivity contribution is -0.130. The summed E-state index contributed by atoms with van der Waals surface area (Å²) in [4.78, 5) is 16.0. The number of nitrogens with zero attached hydrogens (tertiary/aromatic N) is 1. The molecular formula is C23H23FN2O3. The first-order valence-corrected chi connectivity index (χ1v) is 9.81. The maximum Gasteiger partial charge on any atom is 0.246 e. The molecule has 0 bridgehead atoms. The van der Waals surface area contributed by atoms with E-state index in [9.17, 15) is 9.18 Å². The van der Waals surface area contributed by atoms with E-state index in [1.165, 1.54) is 6.07 Å². The van der Waals surface area contributed by atoms with E-state index in [0.717, 1.165) is 34.1 Å². The standard InChI is InChI=1S/C23H23FN2O3/c1-2-17-11-16(18-5-3-4-6-21(18)25-17)13-29-22-8-7-14(10-20(22)24)9-15-12-19(15)23(27)26-28/h3-8,10-11,15,19,28H,2,9,12-13H2,1H3,(H,26,27). The van der Waals surface area contributed by atoms with E-state index in [1.807, 2.05) is 36.4 Å². The van der Waals surface area contributed by atoms with Crippen molar-refractivity contribution in [1.29, 1.82) is 0 Å². The number of pyridine rings is 1. The van der Waals surface area contributed by atoms with Crippen LogP contribution in [0.1, 0.15) is 30.2 Å². The first-order chi connectivity index (χ1) is 14.1. The third-order valence-electron chi connectivity index (χ3n) is 5.46. The number of carbonyl (C=O) groups is 1. The van der Waals surface area contributed by atoms with Crippen LogP contribution in [0.15, 0.2) is 48.5 Å². The van der Waals surface area contributed by atoms with Gasteiger partial charge in [0.1, 0.15) is 6.61 Å². The van der Waals surface area contributed by atoms with Gasteiger partial charge in [-0.1, -0.05) is 31.2 Å². The van der Waals surface area contributed by atoms with E-state index in [1.54, 1.807) is 11.5 Å². The lowest BCUT2D eigenvalue weighted by Crippen LogP contribution is -2.21. The Bertz CT molecular complexity index is 1050. The Hall–Kier alpha value is -2.99. The van der Waals surface area contributed by atoms with Crippen LogP contribution < -0.4 is 10.2 Å². The van der Waals surface area contributed by atoms with E-state index >= 15 is 0 Å². The van der Waals surface area contributed by atoms with Crippen LogP contribution in [0, 0.1) is 17.7 Å². The minimum Gasteiger partial charge on any atom is -0.486 e. The fourth-order valence-corrected chi connectivity index (χ4v) is 3.73. The molecule has 4 rings (SSSR count). The lowest BCUT2D eigenvalue weighted by Gasteiger charge is -2.12. The van der Waals surface area contributed by atoms with Crippen molar-refractivity contribution < 1.29 is 19.1 Å². The second kappa shape index (κ2) is 8.17. The minimum atomic E-state index is -0.416. The highest BCUT2D eigenvalue weighted by molar-refractivity contribution is 5.82. The molecule has 0 aliphatic heterocycles. The number of aromatic nitrogens is 1. The number of halogens is 1. The number of aryl methyl sites for hydroxylation is 1. The second-order valence-electron chi connectivity index (χ2n) is 7.48. The molecule has 1 amide bonds. The first kappa shape index (κ1) is 19.3. The van der Waals surface area contributed by atoms with Crippen LogP contribution in [-0.4, -0.2) is 16.1 Å². The summed E-state index contributed by atoms with van der Waals surface area (Å²) in [7, 11) is 0. The van der Waals surface area contributed by atoms with Gasteiger partial charge >= 0.3 is 0 Å². The molecule has 1 aliphatic rings. The number of hydrogen-bond donors (Lipinski definition) is 2. The van der Waals surface area contributed by atoms with Crippen LogP contribution >= 0.6 is 0 Å². The monoisotopic (exact) mass is 394 g/mol. The molecule has 1 aromatic heterocycles. The SMILES string of the molecule is CCc1cc(COc2ccc(CC3CC3C(=O)NO)cc2F)c2ccccc2n1.